The van der Waals surface area contributed by atoms with Crippen molar-refractivity contribution in [3.05, 3.63) is 29.8 Å². The minimum atomic E-state index is -1.15. The minimum absolute atomic E-state index is 0.361. The summed E-state index contributed by atoms with van der Waals surface area (Å²) in [5.74, 6) is 0. The second-order valence-electron chi connectivity index (χ2n) is 2.48. The minimum Gasteiger partial charge on any atom is -0.219 e. The maximum absolute atomic E-state index is 12.6. The van der Waals surface area contributed by atoms with Crippen LogP contribution in [0, 0.1) is 0 Å². The molecule has 0 N–H and O–H groups in total. The molecule has 1 aliphatic rings. The summed E-state index contributed by atoms with van der Waals surface area (Å²) >= 11 is 0. The standard InChI is InChI=1S/C8H7FN2/c9-8-5-6-3-1-2-4-7(6)10-11-8/h1-4,8H,5H2. The molecule has 0 amide bonds. The second kappa shape index (κ2) is 2.42. The van der Waals surface area contributed by atoms with Gasteiger partial charge in [0.25, 0.3) is 0 Å². The van der Waals surface area contributed by atoms with Gasteiger partial charge in [0.1, 0.15) is 0 Å². The van der Waals surface area contributed by atoms with Gasteiger partial charge >= 0.3 is 0 Å². The predicted molar refractivity (Wildman–Crippen MR) is 39.6 cm³/mol. The van der Waals surface area contributed by atoms with Gasteiger partial charge < -0.3 is 0 Å². The number of benzene rings is 1. The topological polar surface area (TPSA) is 24.7 Å². The molecule has 1 heterocycles. The molecule has 0 saturated heterocycles. The van der Waals surface area contributed by atoms with Crippen LogP contribution in [0.2, 0.25) is 0 Å². The van der Waals surface area contributed by atoms with E-state index in [4.69, 9.17) is 0 Å². The number of hydrogen-bond acceptors (Lipinski definition) is 2. The predicted octanol–water partition coefficient (Wildman–Crippen LogP) is 2.62. The molecule has 1 aromatic carbocycles. The zero-order chi connectivity index (χ0) is 7.68. The molecular formula is C8H7FN2. The first-order chi connectivity index (χ1) is 5.36. The molecule has 56 valence electrons. The number of azo groups is 1. The van der Waals surface area contributed by atoms with Crippen molar-refractivity contribution in [2.45, 2.75) is 12.7 Å². The van der Waals surface area contributed by atoms with Crippen LogP contribution in [0.4, 0.5) is 10.1 Å². The van der Waals surface area contributed by atoms with Gasteiger partial charge in [-0.2, -0.15) is 10.2 Å². The zero-order valence-electron chi connectivity index (χ0n) is 5.87. The quantitative estimate of drug-likeness (QED) is 0.508. The lowest BCUT2D eigenvalue weighted by atomic mass is 10.1. The van der Waals surface area contributed by atoms with Crippen LogP contribution < -0.4 is 0 Å². The Morgan fingerprint density at radius 2 is 2.18 bits per heavy atom. The molecule has 2 nitrogen and oxygen atoms in total. The van der Waals surface area contributed by atoms with Gasteiger partial charge in [0.2, 0.25) is 6.30 Å². The van der Waals surface area contributed by atoms with E-state index in [2.05, 4.69) is 10.2 Å². The van der Waals surface area contributed by atoms with Gasteiger partial charge in [-0.3, -0.25) is 0 Å². The molecular weight excluding hydrogens is 143 g/mol. The van der Waals surface area contributed by atoms with E-state index in [1.54, 1.807) is 0 Å². The summed E-state index contributed by atoms with van der Waals surface area (Å²) in [6.07, 6.45) is -0.787. The number of alkyl halides is 1. The van der Waals surface area contributed by atoms with Gasteiger partial charge in [0, 0.05) is 6.42 Å². The Bertz CT molecular complexity index is 296. The van der Waals surface area contributed by atoms with Crippen LogP contribution in [-0.2, 0) is 6.42 Å². The van der Waals surface area contributed by atoms with Crippen molar-refractivity contribution in [3.63, 3.8) is 0 Å². The van der Waals surface area contributed by atoms with Gasteiger partial charge in [0.05, 0.1) is 5.69 Å². The first-order valence-corrected chi connectivity index (χ1v) is 3.49. The van der Waals surface area contributed by atoms with E-state index < -0.39 is 6.30 Å². The lowest BCUT2D eigenvalue weighted by Gasteiger charge is -2.09. The largest absolute Gasteiger partial charge is 0.219 e. The van der Waals surface area contributed by atoms with Gasteiger partial charge in [-0.15, -0.1) is 0 Å². The highest BCUT2D eigenvalue weighted by Crippen LogP contribution is 2.26. The van der Waals surface area contributed by atoms with E-state index in [0.717, 1.165) is 11.3 Å². The molecule has 0 fully saturated rings. The fourth-order valence-corrected chi connectivity index (χ4v) is 1.13. The number of rotatable bonds is 0. The molecule has 0 saturated carbocycles. The highest BCUT2D eigenvalue weighted by molar-refractivity contribution is 5.46. The van der Waals surface area contributed by atoms with Crippen LogP contribution in [0.1, 0.15) is 5.56 Å². The summed E-state index contributed by atoms with van der Waals surface area (Å²) in [5.41, 5.74) is 1.73. The Hall–Kier alpha value is -1.25. The first kappa shape index (κ1) is 6.46. The third-order valence-corrected chi connectivity index (χ3v) is 1.67. The molecule has 0 radical (unpaired) electrons. The normalized spacial score (nSPS) is 21.4. The van der Waals surface area contributed by atoms with E-state index in [0.29, 0.717) is 6.42 Å². The first-order valence-electron chi connectivity index (χ1n) is 3.49. The Morgan fingerprint density at radius 3 is 3.09 bits per heavy atom. The van der Waals surface area contributed by atoms with Crippen LogP contribution in [0.5, 0.6) is 0 Å². The van der Waals surface area contributed by atoms with Crippen molar-refractivity contribution in [2.75, 3.05) is 0 Å². The monoisotopic (exact) mass is 150 g/mol. The van der Waals surface area contributed by atoms with Crippen LogP contribution in [-0.4, -0.2) is 6.30 Å². The van der Waals surface area contributed by atoms with E-state index in [9.17, 15) is 4.39 Å². The summed E-state index contributed by atoms with van der Waals surface area (Å²) < 4.78 is 12.6. The van der Waals surface area contributed by atoms with E-state index in [1.807, 2.05) is 24.3 Å². The molecule has 1 aliphatic heterocycles. The number of halogens is 1. The Kier molecular flexibility index (Phi) is 1.42. The van der Waals surface area contributed by atoms with Crippen molar-refractivity contribution >= 4 is 5.69 Å². The average Bonchev–Trinajstić information content (AvgIpc) is 2.04. The fourth-order valence-electron chi connectivity index (χ4n) is 1.13. The molecule has 1 unspecified atom stereocenters. The van der Waals surface area contributed by atoms with Crippen LogP contribution in [0.25, 0.3) is 0 Å². The molecule has 0 bridgehead atoms. The molecule has 3 heteroatoms. The third-order valence-electron chi connectivity index (χ3n) is 1.67. The van der Waals surface area contributed by atoms with E-state index in [-0.39, 0.29) is 0 Å². The Morgan fingerprint density at radius 1 is 1.36 bits per heavy atom. The van der Waals surface area contributed by atoms with Crippen molar-refractivity contribution < 1.29 is 4.39 Å². The van der Waals surface area contributed by atoms with Crippen molar-refractivity contribution in [1.82, 2.24) is 0 Å². The number of hydrogen-bond donors (Lipinski definition) is 0. The van der Waals surface area contributed by atoms with Crippen molar-refractivity contribution in [2.24, 2.45) is 10.2 Å². The van der Waals surface area contributed by atoms with E-state index in [1.165, 1.54) is 0 Å². The zero-order valence-corrected chi connectivity index (χ0v) is 5.87. The fraction of sp³-hybridized carbons (Fsp3) is 0.250. The SMILES string of the molecule is FC1Cc2ccccc2N=N1. The number of fused-ring (bicyclic) bond motifs is 1. The van der Waals surface area contributed by atoms with Crippen molar-refractivity contribution in [1.29, 1.82) is 0 Å². The smallest absolute Gasteiger partial charge is 0.214 e. The van der Waals surface area contributed by atoms with Gasteiger partial charge in [-0.05, 0) is 11.6 Å². The van der Waals surface area contributed by atoms with Crippen LogP contribution in [0.3, 0.4) is 0 Å². The molecule has 1 atom stereocenters. The third kappa shape index (κ3) is 1.13. The van der Waals surface area contributed by atoms with Gasteiger partial charge in [0.15, 0.2) is 0 Å². The Balaban J connectivity index is 2.46. The Labute approximate surface area is 63.8 Å². The summed E-state index contributed by atoms with van der Waals surface area (Å²) in [5, 5.41) is 7.15. The second-order valence-corrected chi connectivity index (χ2v) is 2.48. The van der Waals surface area contributed by atoms with Crippen LogP contribution >= 0.6 is 0 Å². The summed E-state index contributed by atoms with van der Waals surface area (Å²) in [6.45, 7) is 0. The summed E-state index contributed by atoms with van der Waals surface area (Å²) in [6, 6.07) is 7.47. The van der Waals surface area contributed by atoms with Gasteiger partial charge in [-0.1, -0.05) is 18.2 Å². The summed E-state index contributed by atoms with van der Waals surface area (Å²) in [4.78, 5) is 0. The van der Waals surface area contributed by atoms with Gasteiger partial charge in [-0.25, -0.2) is 4.39 Å². The average molecular weight is 150 g/mol. The van der Waals surface area contributed by atoms with Crippen molar-refractivity contribution in [3.8, 4) is 0 Å². The highest BCUT2D eigenvalue weighted by Gasteiger charge is 2.13. The van der Waals surface area contributed by atoms with E-state index >= 15 is 0 Å². The highest BCUT2D eigenvalue weighted by atomic mass is 19.1. The summed E-state index contributed by atoms with van der Waals surface area (Å²) in [7, 11) is 0. The lowest BCUT2D eigenvalue weighted by Crippen LogP contribution is -2.03. The molecule has 2 rings (SSSR count). The van der Waals surface area contributed by atoms with Crippen LogP contribution in [0.15, 0.2) is 34.5 Å². The maximum atomic E-state index is 12.6. The molecule has 1 aromatic rings. The molecule has 0 aliphatic carbocycles. The maximum Gasteiger partial charge on any atom is 0.214 e. The molecule has 0 aromatic heterocycles. The molecule has 11 heavy (non-hydrogen) atoms. The lowest BCUT2D eigenvalue weighted by molar-refractivity contribution is 0.327. The molecule has 0 spiro atoms. The number of nitrogens with zero attached hydrogens (tertiary/aromatic N) is 2.